The van der Waals surface area contributed by atoms with E-state index in [2.05, 4.69) is 9.97 Å². The topological polar surface area (TPSA) is 86.2 Å². The Morgan fingerprint density at radius 3 is 2.68 bits per heavy atom. The second kappa shape index (κ2) is 6.49. The van der Waals surface area contributed by atoms with E-state index in [1.54, 1.807) is 13.0 Å². The molecule has 0 N–H and O–H groups in total. The van der Waals surface area contributed by atoms with Gasteiger partial charge in [-0.3, -0.25) is 0 Å². The molecule has 0 spiro atoms. The van der Waals surface area contributed by atoms with Crippen LogP contribution in [0.4, 0.5) is 4.39 Å². The van der Waals surface area contributed by atoms with Gasteiger partial charge in [-0.2, -0.15) is 0 Å². The standard InChI is InChI=1S/C16H13FN2O4S2/c1-3-23-15(20)9-4-5-11(17)10(8-9)12-6-7-13-14(18-12)24-16(19-13)25(2,21)22/h4-8H,3H2,1-2H3. The van der Waals surface area contributed by atoms with E-state index < -0.39 is 21.6 Å². The second-order valence-electron chi connectivity index (χ2n) is 5.19. The molecular weight excluding hydrogens is 367 g/mol. The molecule has 0 saturated carbocycles. The number of hydrogen-bond donors (Lipinski definition) is 0. The number of rotatable bonds is 4. The van der Waals surface area contributed by atoms with Crippen LogP contribution >= 0.6 is 11.3 Å². The lowest BCUT2D eigenvalue weighted by molar-refractivity contribution is 0.0526. The smallest absolute Gasteiger partial charge is 0.338 e. The Morgan fingerprint density at radius 2 is 2.00 bits per heavy atom. The van der Waals surface area contributed by atoms with Crippen molar-refractivity contribution in [1.82, 2.24) is 9.97 Å². The summed E-state index contributed by atoms with van der Waals surface area (Å²) in [5, 5.41) is 0. The van der Waals surface area contributed by atoms with Crippen LogP contribution in [0, 0.1) is 5.82 Å². The lowest BCUT2D eigenvalue weighted by atomic mass is 10.1. The molecule has 0 aliphatic heterocycles. The number of nitrogens with zero attached hydrogens (tertiary/aromatic N) is 2. The average molecular weight is 380 g/mol. The number of carbonyl (C=O) groups excluding carboxylic acids is 1. The Kier molecular flexibility index (Phi) is 4.53. The van der Waals surface area contributed by atoms with Crippen molar-refractivity contribution in [2.45, 2.75) is 11.3 Å². The molecule has 3 aromatic rings. The van der Waals surface area contributed by atoms with E-state index in [9.17, 15) is 17.6 Å². The lowest BCUT2D eigenvalue weighted by Gasteiger charge is -2.06. The predicted molar refractivity (Wildman–Crippen MR) is 91.9 cm³/mol. The average Bonchev–Trinajstić information content (AvgIpc) is 2.99. The maximum absolute atomic E-state index is 14.2. The molecule has 0 atom stereocenters. The van der Waals surface area contributed by atoms with Gasteiger partial charge in [0.05, 0.1) is 17.9 Å². The zero-order valence-electron chi connectivity index (χ0n) is 13.3. The molecule has 2 aromatic heterocycles. The van der Waals surface area contributed by atoms with Crippen molar-refractivity contribution in [2.24, 2.45) is 0 Å². The minimum absolute atomic E-state index is 0.0482. The van der Waals surface area contributed by atoms with Gasteiger partial charge in [-0.05, 0) is 37.3 Å². The van der Waals surface area contributed by atoms with Crippen LogP contribution in [0.1, 0.15) is 17.3 Å². The fourth-order valence-electron chi connectivity index (χ4n) is 2.17. The van der Waals surface area contributed by atoms with E-state index in [-0.39, 0.29) is 27.8 Å². The quantitative estimate of drug-likeness (QED) is 0.647. The van der Waals surface area contributed by atoms with Gasteiger partial charge in [-0.25, -0.2) is 27.6 Å². The van der Waals surface area contributed by atoms with Gasteiger partial charge in [0.15, 0.2) is 0 Å². The fourth-order valence-corrected chi connectivity index (χ4v) is 3.95. The minimum atomic E-state index is -3.44. The predicted octanol–water partition coefficient (Wildman–Crippen LogP) is 3.08. The molecule has 6 nitrogen and oxygen atoms in total. The minimum Gasteiger partial charge on any atom is -0.462 e. The molecule has 0 aliphatic rings. The van der Waals surface area contributed by atoms with Gasteiger partial charge in [0.1, 0.15) is 16.2 Å². The van der Waals surface area contributed by atoms with Crippen molar-refractivity contribution in [3.63, 3.8) is 0 Å². The Bertz CT molecular complexity index is 1080. The highest BCUT2D eigenvalue weighted by molar-refractivity contribution is 7.92. The first-order valence-corrected chi connectivity index (χ1v) is 9.95. The third-order valence-electron chi connectivity index (χ3n) is 3.31. The van der Waals surface area contributed by atoms with Crippen molar-refractivity contribution < 1.29 is 22.3 Å². The summed E-state index contributed by atoms with van der Waals surface area (Å²) in [6.45, 7) is 1.89. The highest BCUT2D eigenvalue weighted by Crippen LogP contribution is 2.29. The van der Waals surface area contributed by atoms with Gasteiger partial charge in [0.25, 0.3) is 0 Å². The van der Waals surface area contributed by atoms with Gasteiger partial charge in [0.2, 0.25) is 14.2 Å². The number of carbonyl (C=O) groups is 1. The van der Waals surface area contributed by atoms with Crippen LogP contribution in [0.25, 0.3) is 21.6 Å². The molecule has 0 bridgehead atoms. The van der Waals surface area contributed by atoms with Crippen LogP contribution in [0.2, 0.25) is 0 Å². The van der Waals surface area contributed by atoms with Gasteiger partial charge in [0, 0.05) is 11.8 Å². The number of fused-ring (bicyclic) bond motifs is 1. The van der Waals surface area contributed by atoms with Gasteiger partial charge in [-0.1, -0.05) is 11.3 Å². The van der Waals surface area contributed by atoms with Crippen LogP contribution in [0.3, 0.4) is 0 Å². The number of sulfone groups is 1. The number of pyridine rings is 1. The monoisotopic (exact) mass is 380 g/mol. The van der Waals surface area contributed by atoms with Gasteiger partial charge in [-0.15, -0.1) is 0 Å². The molecule has 2 heterocycles. The molecule has 0 aliphatic carbocycles. The van der Waals surface area contributed by atoms with Crippen LogP contribution in [-0.2, 0) is 14.6 Å². The van der Waals surface area contributed by atoms with Gasteiger partial charge < -0.3 is 4.74 Å². The number of esters is 1. The molecule has 0 unspecified atom stereocenters. The molecule has 0 saturated heterocycles. The Balaban J connectivity index is 2.09. The Hall–Kier alpha value is -2.39. The summed E-state index contributed by atoms with van der Waals surface area (Å²) < 4.78 is 42.3. The molecule has 1 aromatic carbocycles. The van der Waals surface area contributed by atoms with Crippen molar-refractivity contribution in [3.8, 4) is 11.3 Å². The van der Waals surface area contributed by atoms with E-state index in [0.29, 0.717) is 10.3 Å². The second-order valence-corrected chi connectivity index (χ2v) is 8.35. The SMILES string of the molecule is CCOC(=O)c1ccc(F)c(-c2ccc3nc(S(C)(=O)=O)sc3n2)c1. The van der Waals surface area contributed by atoms with E-state index in [1.807, 2.05) is 0 Å². The molecule has 0 radical (unpaired) electrons. The first-order chi connectivity index (χ1) is 11.8. The van der Waals surface area contributed by atoms with Crippen LogP contribution < -0.4 is 0 Å². The first kappa shape index (κ1) is 17.4. The molecular formula is C16H13FN2O4S2. The molecule has 25 heavy (non-hydrogen) atoms. The molecule has 130 valence electrons. The molecule has 0 amide bonds. The third kappa shape index (κ3) is 3.52. The van der Waals surface area contributed by atoms with Crippen LogP contribution in [-0.4, -0.2) is 37.2 Å². The Morgan fingerprint density at radius 1 is 1.24 bits per heavy atom. The van der Waals surface area contributed by atoms with E-state index in [0.717, 1.165) is 17.6 Å². The van der Waals surface area contributed by atoms with Crippen molar-refractivity contribution in [3.05, 3.63) is 41.7 Å². The zero-order valence-corrected chi connectivity index (χ0v) is 14.9. The van der Waals surface area contributed by atoms with Crippen molar-refractivity contribution in [1.29, 1.82) is 0 Å². The highest BCUT2D eigenvalue weighted by Gasteiger charge is 2.17. The largest absolute Gasteiger partial charge is 0.462 e. The zero-order chi connectivity index (χ0) is 18.2. The summed E-state index contributed by atoms with van der Waals surface area (Å²) in [6, 6.07) is 6.96. The number of hydrogen-bond acceptors (Lipinski definition) is 7. The lowest BCUT2D eigenvalue weighted by Crippen LogP contribution is -2.05. The normalized spacial score (nSPS) is 11.6. The summed E-state index contributed by atoms with van der Waals surface area (Å²) >= 11 is 0.913. The van der Waals surface area contributed by atoms with Gasteiger partial charge >= 0.3 is 5.97 Å². The number of thiazole rings is 1. The first-order valence-electron chi connectivity index (χ1n) is 7.24. The highest BCUT2D eigenvalue weighted by atomic mass is 32.2. The summed E-state index contributed by atoms with van der Waals surface area (Å²) in [5.74, 6) is -1.10. The molecule has 9 heteroatoms. The third-order valence-corrected chi connectivity index (χ3v) is 5.95. The Labute approximate surface area is 147 Å². The summed E-state index contributed by atoms with van der Waals surface area (Å²) in [7, 11) is -3.44. The number of aromatic nitrogens is 2. The van der Waals surface area contributed by atoms with E-state index >= 15 is 0 Å². The van der Waals surface area contributed by atoms with Crippen LogP contribution in [0.15, 0.2) is 34.7 Å². The fraction of sp³-hybridized carbons (Fsp3) is 0.188. The van der Waals surface area contributed by atoms with Crippen molar-refractivity contribution in [2.75, 3.05) is 12.9 Å². The summed E-state index contributed by atoms with van der Waals surface area (Å²) in [5.41, 5.74) is 1.03. The molecule has 3 rings (SSSR count). The number of ether oxygens (including phenoxy) is 1. The number of benzene rings is 1. The maximum Gasteiger partial charge on any atom is 0.338 e. The van der Waals surface area contributed by atoms with E-state index in [1.165, 1.54) is 24.3 Å². The summed E-state index contributed by atoms with van der Waals surface area (Å²) in [4.78, 5) is 20.5. The van der Waals surface area contributed by atoms with Crippen molar-refractivity contribution >= 4 is 37.5 Å². The number of halogens is 1. The summed E-state index contributed by atoms with van der Waals surface area (Å²) in [6.07, 6.45) is 1.06. The van der Waals surface area contributed by atoms with Crippen LogP contribution in [0.5, 0.6) is 0 Å². The molecule has 0 fully saturated rings. The van der Waals surface area contributed by atoms with E-state index in [4.69, 9.17) is 4.74 Å². The maximum atomic E-state index is 14.2.